The normalized spacial score (nSPS) is 17.9. The van der Waals surface area contributed by atoms with Gasteiger partial charge in [-0.2, -0.15) is 0 Å². The summed E-state index contributed by atoms with van der Waals surface area (Å²) in [6, 6.07) is 12.7. The summed E-state index contributed by atoms with van der Waals surface area (Å²) in [7, 11) is 0. The van der Waals surface area contributed by atoms with Crippen LogP contribution in [0.15, 0.2) is 48.5 Å². The number of amides is 2. The second-order valence-electron chi connectivity index (χ2n) is 8.58. The number of likely N-dealkylation sites (tertiary alicyclic amines) is 2. The SMILES string of the molecule is O=C(c1ccc(F)cc1F)N1CCC(C(=O)N2CCC(COc3ccccc3)CC2)CC1. The lowest BCUT2D eigenvalue weighted by Gasteiger charge is -2.37. The Balaban J connectivity index is 1.22. The molecule has 0 N–H and O–H groups in total. The van der Waals surface area contributed by atoms with E-state index in [2.05, 4.69) is 0 Å². The number of hydrogen-bond acceptors (Lipinski definition) is 3. The number of nitrogens with zero attached hydrogens (tertiary/aromatic N) is 2. The molecule has 2 aromatic rings. The number of carbonyl (C=O) groups is 2. The molecule has 5 nitrogen and oxygen atoms in total. The monoisotopic (exact) mass is 442 g/mol. The van der Waals surface area contributed by atoms with Gasteiger partial charge in [-0.05, 0) is 55.9 Å². The van der Waals surface area contributed by atoms with Crippen molar-refractivity contribution in [1.29, 1.82) is 0 Å². The van der Waals surface area contributed by atoms with E-state index in [1.54, 1.807) is 4.90 Å². The third-order valence-electron chi connectivity index (χ3n) is 6.45. The van der Waals surface area contributed by atoms with Crippen molar-refractivity contribution >= 4 is 11.8 Å². The summed E-state index contributed by atoms with van der Waals surface area (Å²) in [6.07, 6.45) is 2.95. The highest BCUT2D eigenvalue weighted by Gasteiger charge is 2.33. The zero-order valence-electron chi connectivity index (χ0n) is 18.0. The van der Waals surface area contributed by atoms with Gasteiger partial charge < -0.3 is 14.5 Å². The van der Waals surface area contributed by atoms with Crippen molar-refractivity contribution in [3.05, 3.63) is 65.7 Å². The highest BCUT2D eigenvalue weighted by molar-refractivity contribution is 5.94. The summed E-state index contributed by atoms with van der Waals surface area (Å²) in [5.41, 5.74) is -0.129. The van der Waals surface area contributed by atoms with Crippen LogP contribution in [-0.4, -0.2) is 54.4 Å². The number of halogens is 2. The average molecular weight is 443 g/mol. The van der Waals surface area contributed by atoms with Crippen LogP contribution in [0.3, 0.4) is 0 Å². The highest BCUT2D eigenvalue weighted by atomic mass is 19.1. The van der Waals surface area contributed by atoms with Crippen molar-refractivity contribution < 1.29 is 23.1 Å². The number of benzene rings is 2. The molecule has 0 radical (unpaired) electrons. The summed E-state index contributed by atoms with van der Waals surface area (Å²) in [4.78, 5) is 29.0. The van der Waals surface area contributed by atoms with Crippen molar-refractivity contribution in [3.63, 3.8) is 0 Å². The summed E-state index contributed by atoms with van der Waals surface area (Å²) in [6.45, 7) is 2.90. The molecule has 0 aromatic heterocycles. The Morgan fingerprint density at radius 1 is 0.875 bits per heavy atom. The fourth-order valence-electron chi connectivity index (χ4n) is 4.47. The first-order valence-corrected chi connectivity index (χ1v) is 11.2. The van der Waals surface area contributed by atoms with Gasteiger partial charge in [-0.25, -0.2) is 8.78 Å². The van der Waals surface area contributed by atoms with Gasteiger partial charge in [0.25, 0.3) is 5.91 Å². The topological polar surface area (TPSA) is 49.9 Å². The molecule has 0 aliphatic carbocycles. The molecule has 2 amide bonds. The second kappa shape index (κ2) is 10.1. The summed E-state index contributed by atoms with van der Waals surface area (Å²) >= 11 is 0. The predicted octanol–water partition coefficient (Wildman–Crippen LogP) is 4.13. The Bertz CT molecular complexity index is 937. The summed E-state index contributed by atoms with van der Waals surface area (Å²) < 4.78 is 32.9. The predicted molar refractivity (Wildman–Crippen MR) is 116 cm³/mol. The number of ether oxygens (including phenoxy) is 1. The Kier molecular flexibility index (Phi) is 7.02. The number of piperidine rings is 2. The van der Waals surface area contributed by atoms with Crippen molar-refractivity contribution in [2.45, 2.75) is 25.7 Å². The summed E-state index contributed by atoms with van der Waals surface area (Å²) in [5.74, 6) is -0.683. The first-order valence-electron chi connectivity index (χ1n) is 11.2. The molecule has 4 rings (SSSR count). The maximum atomic E-state index is 13.9. The maximum Gasteiger partial charge on any atom is 0.256 e. The van der Waals surface area contributed by atoms with E-state index in [-0.39, 0.29) is 17.4 Å². The van der Waals surface area contributed by atoms with Gasteiger partial charge in [0.2, 0.25) is 5.91 Å². The van der Waals surface area contributed by atoms with E-state index in [1.165, 1.54) is 6.07 Å². The van der Waals surface area contributed by atoms with Gasteiger partial charge in [-0.1, -0.05) is 18.2 Å². The van der Waals surface area contributed by atoms with Crippen LogP contribution in [0.25, 0.3) is 0 Å². The number of carbonyl (C=O) groups excluding carboxylic acids is 2. The standard InChI is InChI=1S/C25H28F2N2O3/c26-20-6-7-22(23(27)16-20)25(31)29-14-10-19(11-15-29)24(30)28-12-8-18(9-13-28)17-32-21-4-2-1-3-5-21/h1-7,16,18-19H,8-15,17H2. The third-order valence-corrected chi connectivity index (χ3v) is 6.45. The Hall–Kier alpha value is -2.96. The van der Waals surface area contributed by atoms with E-state index in [9.17, 15) is 18.4 Å². The molecule has 2 saturated heterocycles. The molecule has 0 saturated carbocycles. The molecule has 0 unspecified atom stereocenters. The molecular formula is C25H28F2N2O3. The van der Waals surface area contributed by atoms with Crippen LogP contribution in [0.2, 0.25) is 0 Å². The lowest BCUT2D eigenvalue weighted by atomic mass is 9.92. The molecular weight excluding hydrogens is 414 g/mol. The van der Waals surface area contributed by atoms with Crippen molar-refractivity contribution in [2.24, 2.45) is 11.8 Å². The molecule has 2 heterocycles. The molecule has 32 heavy (non-hydrogen) atoms. The summed E-state index contributed by atoms with van der Waals surface area (Å²) in [5, 5.41) is 0. The lowest BCUT2D eigenvalue weighted by Crippen LogP contribution is -2.47. The molecule has 0 atom stereocenters. The maximum absolute atomic E-state index is 13.9. The van der Waals surface area contributed by atoms with Crippen molar-refractivity contribution in [1.82, 2.24) is 9.80 Å². The molecule has 2 aromatic carbocycles. The average Bonchev–Trinajstić information content (AvgIpc) is 2.83. The van der Waals surface area contributed by atoms with Crippen LogP contribution < -0.4 is 4.74 Å². The van der Waals surface area contributed by atoms with Crippen LogP contribution in [-0.2, 0) is 4.79 Å². The molecule has 0 spiro atoms. The van der Waals surface area contributed by atoms with Crippen LogP contribution in [0.4, 0.5) is 8.78 Å². The Morgan fingerprint density at radius 2 is 1.53 bits per heavy atom. The van der Waals surface area contributed by atoms with E-state index in [0.29, 0.717) is 38.5 Å². The van der Waals surface area contributed by atoms with E-state index in [0.717, 1.165) is 43.8 Å². The van der Waals surface area contributed by atoms with Crippen LogP contribution >= 0.6 is 0 Å². The fraction of sp³-hybridized carbons (Fsp3) is 0.440. The fourth-order valence-corrected chi connectivity index (χ4v) is 4.47. The van der Waals surface area contributed by atoms with E-state index in [4.69, 9.17) is 4.74 Å². The second-order valence-corrected chi connectivity index (χ2v) is 8.58. The highest BCUT2D eigenvalue weighted by Crippen LogP contribution is 2.25. The number of rotatable bonds is 5. The minimum atomic E-state index is -0.854. The molecule has 0 bridgehead atoms. The quantitative estimate of drug-likeness (QED) is 0.700. The van der Waals surface area contributed by atoms with Crippen molar-refractivity contribution in [3.8, 4) is 5.75 Å². The molecule has 2 aliphatic rings. The number of para-hydroxylation sites is 1. The van der Waals surface area contributed by atoms with Crippen LogP contribution in [0.5, 0.6) is 5.75 Å². The Labute approximate surface area is 187 Å². The molecule has 7 heteroatoms. The van der Waals surface area contributed by atoms with Crippen LogP contribution in [0.1, 0.15) is 36.0 Å². The molecule has 170 valence electrons. The van der Waals surface area contributed by atoms with Gasteiger partial charge in [-0.15, -0.1) is 0 Å². The smallest absolute Gasteiger partial charge is 0.256 e. The lowest BCUT2D eigenvalue weighted by molar-refractivity contribution is -0.138. The van der Waals surface area contributed by atoms with Gasteiger partial charge in [0.05, 0.1) is 12.2 Å². The minimum absolute atomic E-state index is 0.116. The van der Waals surface area contributed by atoms with Crippen LogP contribution in [0, 0.1) is 23.5 Å². The van der Waals surface area contributed by atoms with E-state index < -0.39 is 17.5 Å². The van der Waals surface area contributed by atoms with Gasteiger partial charge in [0, 0.05) is 38.2 Å². The van der Waals surface area contributed by atoms with Gasteiger partial charge in [-0.3, -0.25) is 9.59 Å². The zero-order valence-corrected chi connectivity index (χ0v) is 18.0. The van der Waals surface area contributed by atoms with Gasteiger partial charge in [0.15, 0.2) is 0 Å². The number of hydrogen-bond donors (Lipinski definition) is 0. The first-order chi connectivity index (χ1) is 15.5. The largest absolute Gasteiger partial charge is 0.493 e. The van der Waals surface area contributed by atoms with Gasteiger partial charge in [0.1, 0.15) is 17.4 Å². The van der Waals surface area contributed by atoms with Crippen molar-refractivity contribution in [2.75, 3.05) is 32.8 Å². The molecule has 2 aliphatic heterocycles. The van der Waals surface area contributed by atoms with E-state index >= 15 is 0 Å². The molecule has 2 fully saturated rings. The van der Waals surface area contributed by atoms with E-state index in [1.807, 2.05) is 35.2 Å². The third kappa shape index (κ3) is 5.26. The Morgan fingerprint density at radius 3 is 2.19 bits per heavy atom. The minimum Gasteiger partial charge on any atom is -0.493 e. The first kappa shape index (κ1) is 22.2. The van der Waals surface area contributed by atoms with Gasteiger partial charge >= 0.3 is 0 Å². The zero-order chi connectivity index (χ0) is 22.5.